The van der Waals surface area contributed by atoms with Crippen molar-refractivity contribution >= 4 is 11.9 Å². The Morgan fingerprint density at radius 2 is 1.95 bits per heavy atom. The lowest BCUT2D eigenvalue weighted by molar-refractivity contribution is 0.163. The van der Waals surface area contributed by atoms with Crippen LogP contribution in [0.4, 0.5) is 20.7 Å². The fourth-order valence-electron chi connectivity index (χ4n) is 1.34. The van der Waals surface area contributed by atoms with Crippen LogP contribution in [0.25, 0.3) is 5.95 Å². The van der Waals surface area contributed by atoms with Gasteiger partial charge < -0.3 is 10.6 Å². The lowest BCUT2D eigenvalue weighted by Gasteiger charge is -2.09. The minimum atomic E-state index is -2.48. The number of rotatable bonds is 6. The molecule has 2 heterocycles. The largest absolute Gasteiger partial charge is 0.354 e. The molecule has 2 aromatic rings. The summed E-state index contributed by atoms with van der Waals surface area (Å²) in [7, 11) is 0. The molecular weight excluding hydrogens is 256 g/mol. The van der Waals surface area contributed by atoms with Crippen molar-refractivity contribution in [2.75, 3.05) is 23.7 Å². The average molecular weight is 269 g/mol. The molecule has 0 radical (unpaired) electrons. The van der Waals surface area contributed by atoms with Crippen LogP contribution in [0, 0.1) is 0 Å². The molecule has 0 bridgehead atoms. The van der Waals surface area contributed by atoms with Crippen molar-refractivity contribution < 1.29 is 8.78 Å². The van der Waals surface area contributed by atoms with Crippen LogP contribution in [0.2, 0.25) is 0 Å². The van der Waals surface area contributed by atoms with Crippen molar-refractivity contribution in [3.05, 3.63) is 18.7 Å². The van der Waals surface area contributed by atoms with Gasteiger partial charge in [-0.3, -0.25) is 4.57 Å². The van der Waals surface area contributed by atoms with Gasteiger partial charge in [0.25, 0.3) is 6.43 Å². The molecule has 102 valence electrons. The second-order valence-electron chi connectivity index (χ2n) is 3.55. The van der Waals surface area contributed by atoms with E-state index in [9.17, 15) is 8.78 Å². The molecule has 0 saturated heterocycles. The van der Waals surface area contributed by atoms with Crippen molar-refractivity contribution in [3.63, 3.8) is 0 Å². The van der Waals surface area contributed by atoms with Crippen LogP contribution in [0.5, 0.6) is 0 Å². The van der Waals surface area contributed by atoms with Crippen molar-refractivity contribution in [1.29, 1.82) is 0 Å². The first-order valence-electron chi connectivity index (χ1n) is 5.69. The molecule has 2 rings (SSSR count). The van der Waals surface area contributed by atoms with E-state index < -0.39 is 13.0 Å². The highest BCUT2D eigenvalue weighted by Crippen LogP contribution is 2.09. The predicted octanol–water partition coefficient (Wildman–Crippen LogP) is 1.17. The van der Waals surface area contributed by atoms with E-state index in [1.54, 1.807) is 17.0 Å². The number of nitrogens with zero attached hydrogens (tertiary/aromatic N) is 5. The maximum atomic E-state index is 12.2. The molecule has 0 aromatic carbocycles. The van der Waals surface area contributed by atoms with E-state index in [0.29, 0.717) is 18.4 Å². The normalized spacial score (nSPS) is 10.7. The Bertz CT molecular complexity index is 515. The Labute approximate surface area is 108 Å². The highest BCUT2D eigenvalue weighted by molar-refractivity contribution is 5.37. The van der Waals surface area contributed by atoms with Gasteiger partial charge in [-0.05, 0) is 6.92 Å². The Morgan fingerprint density at radius 3 is 2.53 bits per heavy atom. The summed E-state index contributed by atoms with van der Waals surface area (Å²) in [6.07, 6.45) is 2.27. The first-order chi connectivity index (χ1) is 9.19. The summed E-state index contributed by atoms with van der Waals surface area (Å²) < 4.78 is 25.9. The summed E-state index contributed by atoms with van der Waals surface area (Å²) in [5.74, 6) is 0.716. The highest BCUT2D eigenvalue weighted by atomic mass is 19.3. The molecule has 0 saturated carbocycles. The summed E-state index contributed by atoms with van der Waals surface area (Å²) in [6.45, 7) is 1.98. The zero-order valence-electron chi connectivity index (χ0n) is 10.2. The van der Waals surface area contributed by atoms with E-state index in [4.69, 9.17) is 0 Å². The first-order valence-corrected chi connectivity index (χ1v) is 5.69. The molecule has 0 aliphatic carbocycles. The van der Waals surface area contributed by atoms with Crippen LogP contribution in [0.3, 0.4) is 0 Å². The number of hydrogen-bond acceptors (Lipinski definition) is 6. The number of anilines is 2. The number of imidazole rings is 1. The maximum Gasteiger partial charge on any atom is 0.255 e. The number of aromatic nitrogens is 5. The van der Waals surface area contributed by atoms with E-state index in [2.05, 4.69) is 30.6 Å². The van der Waals surface area contributed by atoms with Crippen molar-refractivity contribution in [2.24, 2.45) is 0 Å². The molecule has 9 heteroatoms. The van der Waals surface area contributed by atoms with Crippen LogP contribution < -0.4 is 10.6 Å². The van der Waals surface area contributed by atoms with Gasteiger partial charge in [-0.1, -0.05) is 0 Å². The molecule has 0 unspecified atom stereocenters. The molecule has 19 heavy (non-hydrogen) atoms. The van der Waals surface area contributed by atoms with Gasteiger partial charge in [-0.25, -0.2) is 13.8 Å². The predicted molar refractivity (Wildman–Crippen MR) is 65.6 cm³/mol. The molecule has 7 nitrogen and oxygen atoms in total. The van der Waals surface area contributed by atoms with Crippen LogP contribution in [0.1, 0.15) is 6.92 Å². The standard InChI is InChI=1S/C10H13F2N7/c1-2-14-8-16-9(15-5-7(11)12)18-10(17-8)19-4-3-13-6-19/h3-4,6-7H,2,5H2,1H3,(H2,14,15,16,17,18). The third-order valence-corrected chi connectivity index (χ3v) is 2.11. The van der Waals surface area contributed by atoms with Gasteiger partial charge >= 0.3 is 0 Å². The monoisotopic (exact) mass is 269 g/mol. The second-order valence-corrected chi connectivity index (χ2v) is 3.55. The van der Waals surface area contributed by atoms with Gasteiger partial charge in [0.1, 0.15) is 6.33 Å². The summed E-state index contributed by atoms with van der Waals surface area (Å²) in [4.78, 5) is 16.1. The van der Waals surface area contributed by atoms with E-state index in [1.807, 2.05) is 6.92 Å². The molecule has 2 N–H and O–H groups in total. The van der Waals surface area contributed by atoms with Crippen LogP contribution in [-0.2, 0) is 0 Å². The molecule has 0 atom stereocenters. The van der Waals surface area contributed by atoms with Crippen molar-refractivity contribution in [1.82, 2.24) is 24.5 Å². The maximum absolute atomic E-state index is 12.2. The Kier molecular flexibility index (Phi) is 4.16. The molecule has 2 aromatic heterocycles. The molecule has 0 spiro atoms. The Hall–Kier alpha value is -2.32. The summed E-state index contributed by atoms with van der Waals surface area (Å²) in [6, 6.07) is 0. The summed E-state index contributed by atoms with van der Waals surface area (Å²) in [5, 5.41) is 5.37. The highest BCUT2D eigenvalue weighted by Gasteiger charge is 2.09. The molecule has 0 fully saturated rings. The minimum absolute atomic E-state index is 0.0925. The number of nitrogens with one attached hydrogen (secondary N) is 2. The molecule has 0 aliphatic heterocycles. The van der Waals surface area contributed by atoms with Gasteiger partial charge in [0, 0.05) is 18.9 Å². The second kappa shape index (κ2) is 6.03. The molecular formula is C10H13F2N7. The third kappa shape index (κ3) is 3.57. The molecule has 0 amide bonds. The van der Waals surface area contributed by atoms with Crippen LogP contribution in [-0.4, -0.2) is 44.0 Å². The van der Waals surface area contributed by atoms with Crippen molar-refractivity contribution in [3.8, 4) is 5.95 Å². The number of halogens is 2. The van der Waals surface area contributed by atoms with Gasteiger partial charge in [0.15, 0.2) is 0 Å². The van der Waals surface area contributed by atoms with E-state index in [1.165, 1.54) is 6.33 Å². The minimum Gasteiger partial charge on any atom is -0.354 e. The Morgan fingerprint density at radius 1 is 1.21 bits per heavy atom. The van der Waals surface area contributed by atoms with Crippen LogP contribution >= 0.6 is 0 Å². The van der Waals surface area contributed by atoms with Crippen LogP contribution in [0.15, 0.2) is 18.7 Å². The zero-order valence-corrected chi connectivity index (χ0v) is 10.2. The number of alkyl halides is 2. The quantitative estimate of drug-likeness (QED) is 0.819. The summed E-state index contributed by atoms with van der Waals surface area (Å²) >= 11 is 0. The average Bonchev–Trinajstić information content (AvgIpc) is 2.90. The van der Waals surface area contributed by atoms with Gasteiger partial charge in [0.05, 0.1) is 6.54 Å². The lowest BCUT2D eigenvalue weighted by atomic mass is 10.6. The fraction of sp³-hybridized carbons (Fsp3) is 0.400. The van der Waals surface area contributed by atoms with Gasteiger partial charge in [-0.2, -0.15) is 15.0 Å². The molecule has 0 aliphatic rings. The smallest absolute Gasteiger partial charge is 0.255 e. The zero-order chi connectivity index (χ0) is 13.7. The number of hydrogen-bond donors (Lipinski definition) is 2. The van der Waals surface area contributed by atoms with E-state index >= 15 is 0 Å². The van der Waals surface area contributed by atoms with Gasteiger partial charge in [-0.15, -0.1) is 0 Å². The van der Waals surface area contributed by atoms with Crippen molar-refractivity contribution in [2.45, 2.75) is 13.3 Å². The van der Waals surface area contributed by atoms with Gasteiger partial charge in [0.2, 0.25) is 17.8 Å². The first kappa shape index (κ1) is 13.1. The van der Waals surface area contributed by atoms with E-state index in [-0.39, 0.29) is 5.95 Å². The fourth-order valence-corrected chi connectivity index (χ4v) is 1.34. The Balaban J connectivity index is 2.27. The topological polar surface area (TPSA) is 80.5 Å². The van der Waals surface area contributed by atoms with E-state index in [0.717, 1.165) is 0 Å². The SMILES string of the molecule is CCNc1nc(NCC(F)F)nc(-n2ccnc2)n1. The third-order valence-electron chi connectivity index (χ3n) is 2.11. The lowest BCUT2D eigenvalue weighted by Crippen LogP contribution is -2.16. The summed E-state index contributed by atoms with van der Waals surface area (Å²) in [5.41, 5.74) is 0.